The number of carbonyl (C=O) groups is 2. The molecular formula is C31H30N2O4. The summed E-state index contributed by atoms with van der Waals surface area (Å²) < 4.78 is 11.5. The summed E-state index contributed by atoms with van der Waals surface area (Å²) in [6, 6.07) is 27.0. The molecule has 5 rings (SSSR count). The number of aryl methyl sites for hydroxylation is 1. The largest absolute Gasteiger partial charge is 0.481 e. The second-order valence-corrected chi connectivity index (χ2v) is 9.37. The molecule has 2 amide bonds. The van der Waals surface area contributed by atoms with Crippen molar-refractivity contribution in [2.45, 2.75) is 39.0 Å². The lowest BCUT2D eigenvalue weighted by atomic mass is 9.87. The van der Waals surface area contributed by atoms with Gasteiger partial charge < -0.3 is 19.4 Å². The quantitative estimate of drug-likeness (QED) is 0.370. The normalized spacial score (nSPS) is 15.5. The van der Waals surface area contributed by atoms with Crippen LogP contribution in [0.5, 0.6) is 5.75 Å². The average Bonchev–Trinajstić information content (AvgIpc) is 3.46. The third kappa shape index (κ3) is 5.43. The summed E-state index contributed by atoms with van der Waals surface area (Å²) in [6.07, 6.45) is 1.56. The molecule has 3 aromatic carbocycles. The highest BCUT2D eigenvalue weighted by Gasteiger charge is 2.34. The van der Waals surface area contributed by atoms with Crippen LogP contribution in [-0.4, -0.2) is 29.4 Å². The second-order valence-electron chi connectivity index (χ2n) is 9.37. The van der Waals surface area contributed by atoms with E-state index in [0.717, 1.165) is 34.2 Å². The van der Waals surface area contributed by atoms with Gasteiger partial charge in [-0.25, -0.2) is 0 Å². The van der Waals surface area contributed by atoms with Crippen molar-refractivity contribution in [3.05, 3.63) is 125 Å². The Kier molecular flexibility index (Phi) is 7.08. The molecule has 0 saturated heterocycles. The van der Waals surface area contributed by atoms with Crippen LogP contribution in [0.25, 0.3) is 0 Å². The second kappa shape index (κ2) is 10.7. The molecule has 0 saturated carbocycles. The zero-order valence-electron chi connectivity index (χ0n) is 21.0. The van der Waals surface area contributed by atoms with E-state index in [1.165, 1.54) is 6.26 Å². The number of nitrogens with zero attached hydrogens (tertiary/aromatic N) is 1. The summed E-state index contributed by atoms with van der Waals surface area (Å²) in [5, 5.41) is 2.93. The fourth-order valence-corrected chi connectivity index (χ4v) is 4.81. The molecule has 4 aromatic rings. The number of hydrogen-bond acceptors (Lipinski definition) is 4. The van der Waals surface area contributed by atoms with E-state index < -0.39 is 6.10 Å². The van der Waals surface area contributed by atoms with E-state index in [9.17, 15) is 9.59 Å². The van der Waals surface area contributed by atoms with Gasteiger partial charge in [-0.3, -0.25) is 9.59 Å². The first-order chi connectivity index (χ1) is 18.0. The predicted molar refractivity (Wildman–Crippen MR) is 141 cm³/mol. The third-order valence-electron chi connectivity index (χ3n) is 6.69. The summed E-state index contributed by atoms with van der Waals surface area (Å²) in [5.74, 6) is 0.567. The number of hydrogen-bond donors (Lipinski definition) is 1. The highest BCUT2D eigenvalue weighted by Crippen LogP contribution is 2.38. The van der Waals surface area contributed by atoms with Gasteiger partial charge in [-0.15, -0.1) is 0 Å². The van der Waals surface area contributed by atoms with Crippen molar-refractivity contribution >= 4 is 11.8 Å². The molecule has 1 aliphatic heterocycles. The maximum Gasteiger partial charge on any atom is 0.290 e. The Morgan fingerprint density at radius 3 is 2.62 bits per heavy atom. The van der Waals surface area contributed by atoms with Gasteiger partial charge in [0.1, 0.15) is 5.75 Å². The Morgan fingerprint density at radius 1 is 1.03 bits per heavy atom. The molecule has 0 radical (unpaired) electrons. The summed E-state index contributed by atoms with van der Waals surface area (Å²) in [5.41, 5.74) is 5.31. The first kappa shape index (κ1) is 24.4. The first-order valence-corrected chi connectivity index (χ1v) is 12.5. The molecule has 0 unspecified atom stereocenters. The van der Waals surface area contributed by atoms with Crippen molar-refractivity contribution < 1.29 is 18.7 Å². The van der Waals surface area contributed by atoms with Gasteiger partial charge in [0.25, 0.3) is 11.8 Å². The van der Waals surface area contributed by atoms with Crippen molar-refractivity contribution in [3.8, 4) is 5.75 Å². The van der Waals surface area contributed by atoms with E-state index in [2.05, 4.69) is 11.4 Å². The van der Waals surface area contributed by atoms with E-state index in [-0.39, 0.29) is 17.9 Å². The molecule has 2 heterocycles. The van der Waals surface area contributed by atoms with Crippen LogP contribution in [0.1, 0.15) is 51.3 Å². The van der Waals surface area contributed by atoms with Crippen molar-refractivity contribution in [1.29, 1.82) is 0 Å². The van der Waals surface area contributed by atoms with Gasteiger partial charge in [0.05, 0.1) is 12.3 Å². The molecule has 188 valence electrons. The molecule has 2 atom stereocenters. The Labute approximate surface area is 216 Å². The Bertz CT molecular complexity index is 1380. The van der Waals surface area contributed by atoms with Crippen molar-refractivity contribution in [2.75, 3.05) is 6.54 Å². The number of benzene rings is 3. The third-order valence-corrected chi connectivity index (χ3v) is 6.69. The number of ether oxygens (including phenoxy) is 1. The average molecular weight is 495 g/mol. The monoisotopic (exact) mass is 494 g/mol. The zero-order chi connectivity index (χ0) is 25.8. The minimum absolute atomic E-state index is 0.151. The summed E-state index contributed by atoms with van der Waals surface area (Å²) in [6.45, 7) is 4.80. The van der Waals surface area contributed by atoms with Crippen LogP contribution >= 0.6 is 0 Å². The van der Waals surface area contributed by atoms with Gasteiger partial charge in [0, 0.05) is 13.1 Å². The van der Waals surface area contributed by atoms with Crippen LogP contribution in [0.3, 0.4) is 0 Å². The van der Waals surface area contributed by atoms with Crippen LogP contribution in [0.2, 0.25) is 0 Å². The molecule has 6 nitrogen and oxygen atoms in total. The molecule has 0 fully saturated rings. The van der Waals surface area contributed by atoms with Crippen LogP contribution in [0.15, 0.2) is 95.6 Å². The van der Waals surface area contributed by atoms with E-state index in [1.54, 1.807) is 19.1 Å². The van der Waals surface area contributed by atoms with E-state index in [0.29, 0.717) is 24.6 Å². The first-order valence-electron chi connectivity index (χ1n) is 12.5. The SMILES string of the molecule is Cc1cccc([C@@H]2c3cc(O[C@H](C)C(=O)NCc4ccccc4)ccc3CCN2C(=O)c2ccco2)c1. The summed E-state index contributed by atoms with van der Waals surface area (Å²) in [7, 11) is 0. The number of amides is 2. The molecule has 37 heavy (non-hydrogen) atoms. The standard InChI is InChI=1S/C31H30N2O4/c1-21-8-6-11-25(18-21)29-27-19-26(37-22(2)30(34)32-20-23-9-4-3-5-10-23)14-13-24(27)15-16-33(29)31(35)28-12-7-17-36-28/h3-14,17-19,22,29H,15-16,20H2,1-2H3,(H,32,34)/t22-,29-/m1/s1. The molecule has 0 bridgehead atoms. The summed E-state index contributed by atoms with van der Waals surface area (Å²) in [4.78, 5) is 28.0. The Balaban J connectivity index is 1.40. The zero-order valence-corrected chi connectivity index (χ0v) is 21.0. The minimum atomic E-state index is -0.677. The van der Waals surface area contributed by atoms with Gasteiger partial charge >= 0.3 is 0 Å². The van der Waals surface area contributed by atoms with E-state index >= 15 is 0 Å². The lowest BCUT2D eigenvalue weighted by molar-refractivity contribution is -0.127. The predicted octanol–water partition coefficient (Wildman–Crippen LogP) is 5.46. The van der Waals surface area contributed by atoms with E-state index in [1.807, 2.05) is 78.6 Å². The van der Waals surface area contributed by atoms with Gasteiger partial charge in [-0.1, -0.05) is 66.2 Å². The number of carbonyl (C=O) groups excluding carboxylic acids is 2. The Morgan fingerprint density at radius 2 is 1.86 bits per heavy atom. The van der Waals surface area contributed by atoms with Crippen molar-refractivity contribution in [2.24, 2.45) is 0 Å². The molecule has 1 aromatic heterocycles. The molecule has 6 heteroatoms. The van der Waals surface area contributed by atoms with E-state index in [4.69, 9.17) is 9.15 Å². The number of rotatable bonds is 7. The molecule has 1 aliphatic rings. The van der Waals surface area contributed by atoms with Crippen molar-refractivity contribution in [1.82, 2.24) is 10.2 Å². The maximum absolute atomic E-state index is 13.4. The highest BCUT2D eigenvalue weighted by molar-refractivity contribution is 5.92. The highest BCUT2D eigenvalue weighted by atomic mass is 16.5. The smallest absolute Gasteiger partial charge is 0.290 e. The molecule has 0 spiro atoms. The van der Waals surface area contributed by atoms with Crippen LogP contribution in [-0.2, 0) is 17.8 Å². The van der Waals surface area contributed by atoms with Crippen LogP contribution in [0, 0.1) is 6.92 Å². The lowest BCUT2D eigenvalue weighted by Crippen LogP contribution is -2.40. The number of furan rings is 1. The Hall–Kier alpha value is -4.32. The number of fused-ring (bicyclic) bond motifs is 1. The number of nitrogens with one attached hydrogen (secondary N) is 1. The van der Waals surface area contributed by atoms with Gasteiger partial charge in [-0.2, -0.15) is 0 Å². The lowest BCUT2D eigenvalue weighted by Gasteiger charge is -2.37. The summed E-state index contributed by atoms with van der Waals surface area (Å²) >= 11 is 0. The fourth-order valence-electron chi connectivity index (χ4n) is 4.81. The molecule has 0 aliphatic carbocycles. The minimum Gasteiger partial charge on any atom is -0.481 e. The topological polar surface area (TPSA) is 71.8 Å². The van der Waals surface area contributed by atoms with Crippen LogP contribution < -0.4 is 10.1 Å². The van der Waals surface area contributed by atoms with Crippen molar-refractivity contribution in [3.63, 3.8) is 0 Å². The fraction of sp³-hybridized carbons (Fsp3) is 0.226. The van der Waals surface area contributed by atoms with Crippen LogP contribution in [0.4, 0.5) is 0 Å². The van der Waals surface area contributed by atoms with Gasteiger partial charge in [-0.05, 0) is 66.8 Å². The molecule has 1 N–H and O–H groups in total. The maximum atomic E-state index is 13.4. The molecular weight excluding hydrogens is 464 g/mol. The van der Waals surface area contributed by atoms with Gasteiger partial charge in [0.15, 0.2) is 11.9 Å². The van der Waals surface area contributed by atoms with Gasteiger partial charge in [0.2, 0.25) is 0 Å².